The number of halogens is 1. The zero-order valence-corrected chi connectivity index (χ0v) is 23.9. The summed E-state index contributed by atoms with van der Waals surface area (Å²) < 4.78 is 0.901. The Bertz CT molecular complexity index is 1220. The van der Waals surface area contributed by atoms with Gasteiger partial charge in [-0.15, -0.1) is 11.8 Å². The number of nitrogens with one attached hydrogen (secondary N) is 1. The lowest BCUT2D eigenvalue weighted by Crippen LogP contribution is -2.52. The van der Waals surface area contributed by atoms with Crippen molar-refractivity contribution >= 4 is 45.2 Å². The maximum atomic E-state index is 13.7. The average molecular weight is 599 g/mol. The summed E-state index contributed by atoms with van der Waals surface area (Å²) in [7, 11) is 0. The van der Waals surface area contributed by atoms with E-state index in [-0.39, 0.29) is 29.3 Å². The van der Waals surface area contributed by atoms with Gasteiger partial charge in [0, 0.05) is 41.4 Å². The van der Waals surface area contributed by atoms with Crippen LogP contribution in [-0.2, 0) is 28.3 Å². The summed E-state index contributed by atoms with van der Waals surface area (Å²) in [5.41, 5.74) is 2.82. The van der Waals surface area contributed by atoms with Crippen LogP contribution in [0.5, 0.6) is 0 Å². The zero-order chi connectivity index (χ0) is 27.5. The first-order chi connectivity index (χ1) is 18.3. The minimum atomic E-state index is -0.683. The lowest BCUT2D eigenvalue weighted by molar-refractivity contribution is -0.384. The number of hydrogen-bond acceptors (Lipinski definition) is 5. The Morgan fingerprint density at radius 1 is 1.00 bits per heavy atom. The van der Waals surface area contributed by atoms with Crippen LogP contribution in [0.25, 0.3) is 0 Å². The van der Waals surface area contributed by atoms with Crippen molar-refractivity contribution in [2.24, 2.45) is 0 Å². The zero-order valence-electron chi connectivity index (χ0n) is 21.5. The third-order valence-electron chi connectivity index (χ3n) is 6.16. The average Bonchev–Trinajstić information content (AvgIpc) is 2.91. The van der Waals surface area contributed by atoms with Gasteiger partial charge in [-0.05, 0) is 42.2 Å². The highest BCUT2D eigenvalue weighted by Crippen LogP contribution is 2.21. The molecule has 0 bridgehead atoms. The number of amides is 2. The number of benzene rings is 3. The fraction of sp³-hybridized carbons (Fsp3) is 0.310. The van der Waals surface area contributed by atoms with Crippen LogP contribution in [0.4, 0.5) is 5.69 Å². The first-order valence-electron chi connectivity index (χ1n) is 12.5. The Kier molecular flexibility index (Phi) is 11.4. The van der Waals surface area contributed by atoms with Gasteiger partial charge in [0.15, 0.2) is 0 Å². The van der Waals surface area contributed by atoms with Crippen molar-refractivity contribution < 1.29 is 14.5 Å². The molecule has 3 aromatic carbocycles. The predicted octanol–water partition coefficient (Wildman–Crippen LogP) is 6.15. The highest BCUT2D eigenvalue weighted by Gasteiger charge is 2.31. The molecule has 0 fully saturated rings. The van der Waals surface area contributed by atoms with E-state index >= 15 is 0 Å². The Balaban J connectivity index is 1.83. The summed E-state index contributed by atoms with van der Waals surface area (Å²) >= 11 is 4.93. The smallest absolute Gasteiger partial charge is 0.269 e. The van der Waals surface area contributed by atoms with Gasteiger partial charge in [-0.25, -0.2) is 0 Å². The maximum Gasteiger partial charge on any atom is 0.269 e. The third kappa shape index (κ3) is 8.99. The molecule has 0 saturated carbocycles. The lowest BCUT2D eigenvalue weighted by Gasteiger charge is -2.32. The standard InChI is InChI=1S/C29H32BrN3O4S/c1-3-21(2)31-29(35)27(17-22-8-5-4-6-9-22)32(18-24-10-7-11-25(30)16-24)28(34)20-38-19-23-12-14-26(15-13-23)33(36)37/h4-16,21,27H,3,17-20H2,1-2H3,(H,31,35)/t21-,27-/m0/s1. The van der Waals surface area contributed by atoms with Crippen LogP contribution in [-0.4, -0.2) is 39.5 Å². The molecule has 0 radical (unpaired) electrons. The highest BCUT2D eigenvalue weighted by molar-refractivity contribution is 9.10. The second kappa shape index (κ2) is 14.7. The van der Waals surface area contributed by atoms with E-state index in [2.05, 4.69) is 21.2 Å². The largest absolute Gasteiger partial charge is 0.352 e. The second-order valence-corrected chi connectivity index (χ2v) is 11.0. The quantitative estimate of drug-likeness (QED) is 0.188. The van der Waals surface area contributed by atoms with E-state index in [1.165, 1.54) is 23.9 Å². The molecule has 2 amide bonds. The fourth-order valence-corrected chi connectivity index (χ4v) is 5.20. The molecule has 1 N–H and O–H groups in total. The van der Waals surface area contributed by atoms with E-state index in [4.69, 9.17) is 0 Å². The van der Waals surface area contributed by atoms with Crippen LogP contribution in [0.1, 0.15) is 37.0 Å². The Labute approximate surface area is 236 Å². The Morgan fingerprint density at radius 2 is 1.68 bits per heavy atom. The highest BCUT2D eigenvalue weighted by atomic mass is 79.9. The van der Waals surface area contributed by atoms with E-state index in [1.54, 1.807) is 17.0 Å². The molecular formula is C29H32BrN3O4S. The van der Waals surface area contributed by atoms with Gasteiger partial charge >= 0.3 is 0 Å². The van der Waals surface area contributed by atoms with Gasteiger partial charge in [0.05, 0.1) is 10.7 Å². The molecule has 0 aliphatic carbocycles. The number of carbonyl (C=O) groups excluding carboxylic acids is 2. The summed E-state index contributed by atoms with van der Waals surface area (Å²) in [5.74, 6) is 0.382. The molecule has 200 valence electrons. The van der Waals surface area contributed by atoms with Gasteiger partial charge in [0.2, 0.25) is 11.8 Å². The normalized spacial score (nSPS) is 12.4. The lowest BCUT2D eigenvalue weighted by atomic mass is 10.0. The molecule has 0 spiro atoms. The molecule has 0 heterocycles. The third-order valence-corrected chi connectivity index (χ3v) is 7.64. The van der Waals surface area contributed by atoms with Crippen LogP contribution in [0.3, 0.4) is 0 Å². The van der Waals surface area contributed by atoms with Gasteiger partial charge in [-0.3, -0.25) is 19.7 Å². The van der Waals surface area contributed by atoms with Crippen LogP contribution in [0.15, 0.2) is 83.3 Å². The van der Waals surface area contributed by atoms with Crippen molar-refractivity contribution in [3.05, 3.63) is 110 Å². The Morgan fingerprint density at radius 3 is 2.32 bits per heavy atom. The summed E-state index contributed by atoms with van der Waals surface area (Å²) in [6.07, 6.45) is 1.18. The summed E-state index contributed by atoms with van der Waals surface area (Å²) in [4.78, 5) is 39.4. The molecule has 38 heavy (non-hydrogen) atoms. The summed E-state index contributed by atoms with van der Waals surface area (Å²) in [6, 6.07) is 23.1. The van der Waals surface area contributed by atoms with Crippen LogP contribution >= 0.6 is 27.7 Å². The van der Waals surface area contributed by atoms with E-state index in [9.17, 15) is 19.7 Å². The van der Waals surface area contributed by atoms with Crippen LogP contribution < -0.4 is 5.32 Å². The van der Waals surface area contributed by atoms with E-state index < -0.39 is 11.0 Å². The second-order valence-electron chi connectivity index (χ2n) is 9.09. The molecule has 0 aliphatic heterocycles. The molecule has 3 rings (SSSR count). The molecule has 0 saturated heterocycles. The van der Waals surface area contributed by atoms with Crippen molar-refractivity contribution in [2.45, 2.75) is 51.1 Å². The minimum absolute atomic E-state index is 0.0138. The van der Waals surface area contributed by atoms with Crippen molar-refractivity contribution in [2.75, 3.05) is 5.75 Å². The molecule has 2 atom stereocenters. The number of carbonyl (C=O) groups is 2. The number of non-ortho nitro benzene ring substituents is 1. The topological polar surface area (TPSA) is 92.6 Å². The SMILES string of the molecule is CC[C@H](C)NC(=O)[C@H](Cc1ccccc1)N(Cc1cccc(Br)c1)C(=O)CSCc1ccc([N+](=O)[O-])cc1. The number of rotatable bonds is 13. The summed E-state index contributed by atoms with van der Waals surface area (Å²) in [5, 5.41) is 14.0. The summed E-state index contributed by atoms with van der Waals surface area (Å²) in [6.45, 7) is 4.26. The van der Waals surface area contributed by atoms with Gasteiger partial charge < -0.3 is 10.2 Å². The first kappa shape index (κ1) is 29.4. The van der Waals surface area contributed by atoms with E-state index in [0.717, 1.165) is 27.6 Å². The maximum absolute atomic E-state index is 13.7. The fourth-order valence-electron chi connectivity index (χ4n) is 3.88. The van der Waals surface area contributed by atoms with Gasteiger partial charge in [0.25, 0.3) is 5.69 Å². The molecule has 7 nitrogen and oxygen atoms in total. The molecule has 9 heteroatoms. The van der Waals surface area contributed by atoms with Crippen LogP contribution in [0.2, 0.25) is 0 Å². The van der Waals surface area contributed by atoms with Crippen molar-refractivity contribution in [3.8, 4) is 0 Å². The van der Waals surface area contributed by atoms with Gasteiger partial charge in [0.1, 0.15) is 6.04 Å². The van der Waals surface area contributed by atoms with Crippen molar-refractivity contribution in [3.63, 3.8) is 0 Å². The minimum Gasteiger partial charge on any atom is -0.352 e. The molecule has 0 aromatic heterocycles. The monoisotopic (exact) mass is 597 g/mol. The molecule has 0 unspecified atom stereocenters. The van der Waals surface area contributed by atoms with Gasteiger partial charge in [-0.2, -0.15) is 0 Å². The number of nitrogens with zero attached hydrogens (tertiary/aromatic N) is 2. The van der Waals surface area contributed by atoms with E-state index in [1.807, 2.05) is 68.4 Å². The molecular weight excluding hydrogens is 566 g/mol. The van der Waals surface area contributed by atoms with E-state index in [0.29, 0.717) is 18.7 Å². The first-order valence-corrected chi connectivity index (χ1v) is 14.4. The number of hydrogen-bond donors (Lipinski definition) is 1. The number of nitro benzene ring substituents is 1. The molecule has 3 aromatic rings. The number of nitro groups is 1. The van der Waals surface area contributed by atoms with Crippen molar-refractivity contribution in [1.82, 2.24) is 10.2 Å². The number of thioether (sulfide) groups is 1. The van der Waals surface area contributed by atoms with Gasteiger partial charge in [-0.1, -0.05) is 77.5 Å². The van der Waals surface area contributed by atoms with Crippen molar-refractivity contribution in [1.29, 1.82) is 0 Å². The molecule has 0 aliphatic rings. The van der Waals surface area contributed by atoms with Crippen LogP contribution in [0, 0.1) is 10.1 Å². The predicted molar refractivity (Wildman–Crippen MR) is 156 cm³/mol. The Hall–Kier alpha value is -3.17.